The van der Waals surface area contributed by atoms with Gasteiger partial charge in [0.1, 0.15) is 12.3 Å². The maximum absolute atomic E-state index is 11.9. The van der Waals surface area contributed by atoms with E-state index in [1.54, 1.807) is 25.3 Å². The van der Waals surface area contributed by atoms with Crippen molar-refractivity contribution in [2.24, 2.45) is 4.99 Å². The molecular weight excluding hydrogens is 493 g/mol. The minimum absolute atomic E-state index is 0. The lowest BCUT2D eigenvalue weighted by Crippen LogP contribution is -2.40. The highest BCUT2D eigenvalue weighted by Gasteiger charge is 2.06. The fourth-order valence-electron chi connectivity index (χ4n) is 2.81. The van der Waals surface area contributed by atoms with E-state index in [9.17, 15) is 4.79 Å². The zero-order chi connectivity index (χ0) is 20.9. The van der Waals surface area contributed by atoms with Crippen molar-refractivity contribution in [1.82, 2.24) is 15.5 Å². The standard InChI is InChI=1S/C22H33N5O2.HI/c1-4-27(19-10-6-5-7-11-19)16-9-14-23-22(25-18-21(28)26(2)3)24-15-13-20-12-8-17-29-20;/h5-8,10-12,17H,4,9,13-16,18H2,1-3H3,(H2,23,24,25);1H. The van der Waals surface area contributed by atoms with Crippen molar-refractivity contribution in [3.63, 3.8) is 0 Å². The van der Waals surface area contributed by atoms with Crippen LogP contribution in [-0.4, -0.2) is 63.6 Å². The zero-order valence-electron chi connectivity index (χ0n) is 18.1. The second-order valence-corrected chi connectivity index (χ2v) is 6.90. The Morgan fingerprint density at radius 2 is 1.80 bits per heavy atom. The molecular formula is C22H34IN5O2. The molecule has 0 bridgehead atoms. The van der Waals surface area contributed by atoms with Crippen LogP contribution in [0.1, 0.15) is 19.1 Å². The van der Waals surface area contributed by atoms with E-state index in [-0.39, 0.29) is 36.4 Å². The summed E-state index contributed by atoms with van der Waals surface area (Å²) < 4.78 is 5.36. The lowest BCUT2D eigenvalue weighted by molar-refractivity contribution is -0.127. The van der Waals surface area contributed by atoms with Crippen molar-refractivity contribution < 1.29 is 9.21 Å². The monoisotopic (exact) mass is 527 g/mol. The summed E-state index contributed by atoms with van der Waals surface area (Å²) in [5, 5.41) is 6.62. The maximum Gasteiger partial charge on any atom is 0.243 e. The number of aliphatic imine (C=N–C) groups is 1. The number of anilines is 1. The van der Waals surface area contributed by atoms with E-state index in [1.807, 2.05) is 18.2 Å². The molecule has 0 unspecified atom stereocenters. The molecule has 0 aliphatic rings. The van der Waals surface area contributed by atoms with Crippen LogP contribution in [0.5, 0.6) is 0 Å². The molecule has 2 aromatic rings. The fourth-order valence-corrected chi connectivity index (χ4v) is 2.81. The van der Waals surface area contributed by atoms with E-state index in [2.05, 4.69) is 51.7 Å². The second-order valence-electron chi connectivity index (χ2n) is 6.90. The number of likely N-dealkylation sites (N-methyl/N-ethyl adjacent to an activating group) is 1. The van der Waals surface area contributed by atoms with E-state index < -0.39 is 0 Å². The van der Waals surface area contributed by atoms with Crippen LogP contribution in [0, 0.1) is 0 Å². The first-order chi connectivity index (χ1) is 14.1. The minimum Gasteiger partial charge on any atom is -0.469 e. The maximum atomic E-state index is 11.9. The second kappa shape index (κ2) is 14.7. The number of para-hydroxylation sites is 1. The number of carbonyl (C=O) groups is 1. The van der Waals surface area contributed by atoms with Gasteiger partial charge in [-0.2, -0.15) is 0 Å². The van der Waals surface area contributed by atoms with Gasteiger partial charge in [0.15, 0.2) is 5.96 Å². The number of hydrogen-bond donors (Lipinski definition) is 2. The average Bonchev–Trinajstić information content (AvgIpc) is 3.25. The van der Waals surface area contributed by atoms with Gasteiger partial charge in [0.25, 0.3) is 0 Å². The van der Waals surface area contributed by atoms with Gasteiger partial charge in [-0.15, -0.1) is 24.0 Å². The molecule has 1 aromatic carbocycles. The predicted octanol–water partition coefficient (Wildman–Crippen LogP) is 2.98. The van der Waals surface area contributed by atoms with Gasteiger partial charge in [0.05, 0.1) is 6.26 Å². The highest BCUT2D eigenvalue weighted by molar-refractivity contribution is 14.0. The summed E-state index contributed by atoms with van der Waals surface area (Å²) in [5.41, 5.74) is 1.23. The predicted molar refractivity (Wildman–Crippen MR) is 134 cm³/mol. The molecule has 2 rings (SSSR count). The molecule has 166 valence electrons. The average molecular weight is 527 g/mol. The summed E-state index contributed by atoms with van der Waals surface area (Å²) in [5.74, 6) is 1.54. The number of amides is 1. The highest BCUT2D eigenvalue weighted by atomic mass is 127. The number of rotatable bonds is 11. The van der Waals surface area contributed by atoms with Crippen LogP contribution in [0.4, 0.5) is 5.69 Å². The van der Waals surface area contributed by atoms with Gasteiger partial charge in [0, 0.05) is 52.4 Å². The van der Waals surface area contributed by atoms with E-state index >= 15 is 0 Å². The van der Waals surface area contributed by atoms with Crippen molar-refractivity contribution in [2.75, 3.05) is 51.7 Å². The summed E-state index contributed by atoms with van der Waals surface area (Å²) >= 11 is 0. The number of benzene rings is 1. The molecule has 0 saturated carbocycles. The van der Waals surface area contributed by atoms with Gasteiger partial charge in [0.2, 0.25) is 5.91 Å². The largest absolute Gasteiger partial charge is 0.469 e. The summed E-state index contributed by atoms with van der Waals surface area (Å²) in [6, 6.07) is 14.2. The summed E-state index contributed by atoms with van der Waals surface area (Å²) in [7, 11) is 3.47. The Morgan fingerprint density at radius 3 is 2.43 bits per heavy atom. The van der Waals surface area contributed by atoms with E-state index in [1.165, 1.54) is 5.69 Å². The Hall–Kier alpha value is -2.23. The van der Waals surface area contributed by atoms with Gasteiger partial charge >= 0.3 is 0 Å². The first-order valence-electron chi connectivity index (χ1n) is 10.1. The summed E-state index contributed by atoms with van der Waals surface area (Å²) in [6.07, 6.45) is 3.39. The Bertz CT molecular complexity index is 735. The van der Waals surface area contributed by atoms with E-state index in [4.69, 9.17) is 4.42 Å². The third-order valence-electron chi connectivity index (χ3n) is 4.52. The van der Waals surface area contributed by atoms with Crippen molar-refractivity contribution in [3.05, 3.63) is 54.5 Å². The van der Waals surface area contributed by atoms with Crippen molar-refractivity contribution >= 4 is 41.5 Å². The molecule has 1 amide bonds. The van der Waals surface area contributed by atoms with Crippen LogP contribution in [0.25, 0.3) is 0 Å². The van der Waals surface area contributed by atoms with Crippen LogP contribution >= 0.6 is 24.0 Å². The normalized spacial score (nSPS) is 10.8. The Labute approximate surface area is 196 Å². The topological polar surface area (TPSA) is 73.1 Å². The first-order valence-corrected chi connectivity index (χ1v) is 10.1. The van der Waals surface area contributed by atoms with Crippen molar-refractivity contribution in [1.29, 1.82) is 0 Å². The van der Waals surface area contributed by atoms with Gasteiger partial charge in [-0.05, 0) is 37.6 Å². The fraction of sp³-hybridized carbons (Fsp3) is 0.455. The number of furan rings is 1. The minimum atomic E-state index is -0.0293. The molecule has 2 N–H and O–H groups in total. The molecule has 30 heavy (non-hydrogen) atoms. The number of carbonyl (C=O) groups excluding carboxylic acids is 1. The number of halogens is 1. The Kier molecular flexibility index (Phi) is 12.6. The highest BCUT2D eigenvalue weighted by Crippen LogP contribution is 2.12. The van der Waals surface area contributed by atoms with Gasteiger partial charge in [-0.1, -0.05) is 18.2 Å². The number of guanidine groups is 1. The van der Waals surface area contributed by atoms with Crippen LogP contribution in [-0.2, 0) is 11.2 Å². The third-order valence-corrected chi connectivity index (χ3v) is 4.52. The molecule has 0 aliphatic heterocycles. The lowest BCUT2D eigenvalue weighted by atomic mass is 10.2. The SMILES string of the molecule is CCN(CCCNC(=NCC(=O)N(C)C)NCCc1ccco1)c1ccccc1.I. The van der Waals surface area contributed by atoms with E-state index in [0.29, 0.717) is 12.5 Å². The molecule has 8 heteroatoms. The number of hydrogen-bond acceptors (Lipinski definition) is 4. The Balaban J connectivity index is 0.00000450. The van der Waals surface area contributed by atoms with Crippen molar-refractivity contribution in [2.45, 2.75) is 19.8 Å². The van der Waals surface area contributed by atoms with Crippen LogP contribution in [0.2, 0.25) is 0 Å². The molecule has 0 spiro atoms. The first kappa shape index (κ1) is 25.8. The molecule has 0 atom stereocenters. The zero-order valence-corrected chi connectivity index (χ0v) is 20.5. The van der Waals surface area contributed by atoms with Gasteiger partial charge in [-0.25, -0.2) is 4.99 Å². The number of nitrogens with one attached hydrogen (secondary N) is 2. The van der Waals surface area contributed by atoms with Crippen LogP contribution in [0.3, 0.4) is 0 Å². The molecule has 1 aromatic heterocycles. The lowest BCUT2D eigenvalue weighted by Gasteiger charge is -2.23. The molecule has 0 fully saturated rings. The van der Waals surface area contributed by atoms with Crippen molar-refractivity contribution in [3.8, 4) is 0 Å². The third kappa shape index (κ3) is 9.51. The molecule has 7 nitrogen and oxygen atoms in total. The smallest absolute Gasteiger partial charge is 0.243 e. The molecule has 0 saturated heterocycles. The molecule has 1 heterocycles. The molecule has 0 radical (unpaired) electrons. The van der Waals surface area contributed by atoms with Crippen LogP contribution < -0.4 is 15.5 Å². The quantitative estimate of drug-likeness (QED) is 0.204. The van der Waals surface area contributed by atoms with E-state index in [0.717, 1.165) is 38.2 Å². The Morgan fingerprint density at radius 1 is 1.07 bits per heavy atom. The summed E-state index contributed by atoms with van der Waals surface area (Å²) in [6.45, 7) is 5.64. The summed E-state index contributed by atoms with van der Waals surface area (Å²) in [4.78, 5) is 20.2. The van der Waals surface area contributed by atoms with Gasteiger partial charge < -0.3 is 24.9 Å². The van der Waals surface area contributed by atoms with Gasteiger partial charge in [-0.3, -0.25) is 4.79 Å². The van der Waals surface area contributed by atoms with Crippen LogP contribution in [0.15, 0.2) is 58.1 Å². The number of nitrogens with zero attached hydrogens (tertiary/aromatic N) is 3. The molecule has 0 aliphatic carbocycles.